The van der Waals surface area contributed by atoms with Crippen molar-refractivity contribution < 1.29 is 88.1 Å². The first-order chi connectivity index (χ1) is 25.4. The molecule has 8 rings (SSSR count). The molecule has 2 bridgehead atoms. The summed E-state index contributed by atoms with van der Waals surface area (Å²) >= 11 is 2.39. The van der Waals surface area contributed by atoms with Gasteiger partial charge in [-0.25, -0.2) is 4.98 Å². The quantitative estimate of drug-likeness (QED) is 0.0359. The van der Waals surface area contributed by atoms with Crippen molar-refractivity contribution in [3.8, 4) is 11.5 Å². The fraction of sp³-hybridized carbons (Fsp3) is 0.486. The van der Waals surface area contributed by atoms with E-state index in [4.69, 9.17) is 10.6 Å². The molecule has 286 valence electrons. The van der Waals surface area contributed by atoms with E-state index in [0.717, 1.165) is 23.5 Å². The van der Waals surface area contributed by atoms with Crippen LogP contribution in [0.1, 0.15) is 72.9 Å². The number of fused-ring (bicyclic) bond motifs is 5. The number of carboxylic acids is 2. The smallest absolute Gasteiger partial charge is 0.546 e. The molecule has 6 aliphatic heterocycles. The van der Waals surface area contributed by atoms with Crippen LogP contribution in [0.15, 0.2) is 33.9 Å². The Morgan fingerprint density at radius 1 is 1.07 bits per heavy atom. The van der Waals surface area contributed by atoms with Gasteiger partial charge in [0.25, 0.3) is 11.8 Å². The third kappa shape index (κ3) is 7.03. The number of carboxylic acid groups (broad SMARTS) is 2. The number of hydrogen-bond acceptors (Lipinski definition) is 16. The Morgan fingerprint density at radius 3 is 2.16 bits per heavy atom. The third-order valence-corrected chi connectivity index (χ3v) is 13.6. The maximum absolute atomic E-state index is 13.6. The number of piperidine rings is 3. The fourth-order valence-electron chi connectivity index (χ4n) is 8.07. The topological polar surface area (TPSA) is 256 Å². The van der Waals surface area contributed by atoms with Crippen molar-refractivity contribution in [1.29, 1.82) is 0 Å². The number of imide groups is 1. The number of anilines is 1. The van der Waals surface area contributed by atoms with Crippen molar-refractivity contribution in [3.63, 3.8) is 0 Å². The van der Waals surface area contributed by atoms with E-state index in [2.05, 4.69) is 10.1 Å². The molecule has 4 fully saturated rings. The summed E-state index contributed by atoms with van der Waals surface area (Å²) in [4.78, 5) is 89.4. The molecular weight excluding hydrogens is 768 g/mol. The average molecular weight is 805 g/mol. The van der Waals surface area contributed by atoms with Gasteiger partial charge >= 0.3 is 29.6 Å². The zero-order valence-corrected chi connectivity index (χ0v) is 34.2. The summed E-state index contributed by atoms with van der Waals surface area (Å²) < 4.78 is 0.566. The Kier molecular flexibility index (Phi) is 10.7. The molecule has 55 heavy (non-hydrogen) atoms. The van der Waals surface area contributed by atoms with Crippen LogP contribution in [0.4, 0.5) is 5.13 Å². The van der Waals surface area contributed by atoms with Crippen LogP contribution in [0.25, 0.3) is 0 Å². The van der Waals surface area contributed by atoms with Crippen molar-refractivity contribution in [3.05, 3.63) is 45.6 Å². The number of ketones is 1. The molecule has 0 saturated carbocycles. The zero-order chi connectivity index (χ0) is 39.1. The number of quaternary nitrogens is 1. The van der Waals surface area contributed by atoms with Crippen LogP contribution >= 0.6 is 23.1 Å². The van der Waals surface area contributed by atoms with Gasteiger partial charge in [-0.15, -0.1) is 23.1 Å². The molecule has 17 nitrogen and oxygen atoms in total. The molecule has 0 spiro atoms. The van der Waals surface area contributed by atoms with Gasteiger partial charge in [-0.05, 0) is 32.9 Å². The Morgan fingerprint density at radius 2 is 1.65 bits per heavy atom. The number of phenols is 2. The van der Waals surface area contributed by atoms with Crippen LogP contribution in [-0.4, -0.2) is 120 Å². The SMILES string of the molecule is C[C@@H]1S[C@@H]2[C@H](CC(=O)/C(=N\OC(C)(C)C(=O)[O-])c3csc(N)n3)C(=O)N2C(C(=O)[O-])=C1C[N+]12CCC(CN3C(=O)c4cc(O)c(O)cc4C3=O)(CC1)CC2.[Na+]. The van der Waals surface area contributed by atoms with Gasteiger partial charge in [-0.3, -0.25) is 29.0 Å². The minimum atomic E-state index is -1.89. The summed E-state index contributed by atoms with van der Waals surface area (Å²) in [5.74, 6) is -7.23. The monoisotopic (exact) mass is 804 g/mol. The maximum atomic E-state index is 13.6. The minimum absolute atomic E-state index is 0. The van der Waals surface area contributed by atoms with E-state index in [0.29, 0.717) is 55.5 Å². The number of β-lactam (4-membered cyclic amide) rings is 1. The van der Waals surface area contributed by atoms with E-state index in [-0.39, 0.29) is 86.5 Å². The van der Waals surface area contributed by atoms with E-state index < -0.39 is 63.8 Å². The summed E-state index contributed by atoms with van der Waals surface area (Å²) in [5, 5.41) is 48.3. The molecule has 20 heteroatoms. The minimum Gasteiger partial charge on any atom is -0.546 e. The fourth-order valence-corrected chi connectivity index (χ4v) is 10.1. The number of thioether (sulfide) groups is 1. The van der Waals surface area contributed by atoms with E-state index in [1.54, 1.807) is 0 Å². The van der Waals surface area contributed by atoms with Crippen molar-refractivity contribution >= 4 is 69.4 Å². The number of phenolic OH excluding ortho intramolecular Hbond substituents is 2. The first-order valence-corrected chi connectivity index (χ1v) is 19.1. The molecule has 4 N–H and O–H groups in total. The van der Waals surface area contributed by atoms with Gasteiger partial charge < -0.3 is 45.1 Å². The number of aliphatic carboxylic acids is 2. The number of oxime groups is 1. The molecule has 4 saturated heterocycles. The molecule has 0 radical (unpaired) electrons. The van der Waals surface area contributed by atoms with Crippen molar-refractivity contribution in [2.45, 2.75) is 62.7 Å². The number of amides is 3. The predicted octanol–water partition coefficient (Wildman–Crippen LogP) is -3.43. The standard InChI is InChI=1S/C35H38N6O11S2.Na/c1-16-20(13-41-7-4-35(5-8-41,6-9-41)15-39-27(45)17-10-22(42)23(43)11-18(17)28(39)46)26(31(48)49)40-29(47)19(30(40)54-16)12-24(44)25(21-14-53-33(36)37-21)38-52-34(2,3)32(50)51;/h10-11,14,16,19,30H,4-9,12-13,15H2,1-3H3,(H5-,36,37,38,42,43,44,45,46,48,49,50,51);/q;+1/p-1/t16-,19+,30+,35?,41?;/m0./s1. The Labute approximate surface area is 345 Å². The van der Waals surface area contributed by atoms with E-state index in [1.807, 2.05) is 6.92 Å². The van der Waals surface area contributed by atoms with Gasteiger partial charge in [0.15, 0.2) is 33.7 Å². The van der Waals surface area contributed by atoms with Gasteiger partial charge in [-0.2, -0.15) is 0 Å². The summed E-state index contributed by atoms with van der Waals surface area (Å²) in [6.07, 6.45) is 1.62. The molecule has 3 amide bonds. The molecule has 7 heterocycles. The van der Waals surface area contributed by atoms with Crippen LogP contribution in [-0.2, 0) is 24.0 Å². The van der Waals surface area contributed by atoms with Gasteiger partial charge in [0.2, 0.25) is 5.91 Å². The summed E-state index contributed by atoms with van der Waals surface area (Å²) in [6.45, 7) is 6.74. The first kappa shape index (κ1) is 40.6. The van der Waals surface area contributed by atoms with Gasteiger partial charge in [-0.1, -0.05) is 5.16 Å². The zero-order valence-electron chi connectivity index (χ0n) is 30.5. The number of carbonyl (C=O) groups is 6. The largest absolute Gasteiger partial charge is 1.00 e. The van der Waals surface area contributed by atoms with Crippen LogP contribution in [0.2, 0.25) is 0 Å². The molecule has 3 atom stereocenters. The molecule has 0 aliphatic carbocycles. The van der Waals surface area contributed by atoms with Gasteiger partial charge in [0.1, 0.15) is 12.2 Å². The number of rotatable bonds is 12. The number of carbonyl (C=O) groups excluding carboxylic acids is 6. The second kappa shape index (κ2) is 14.5. The third-order valence-electron chi connectivity index (χ3n) is 11.4. The maximum Gasteiger partial charge on any atom is 1.00 e. The van der Waals surface area contributed by atoms with Crippen LogP contribution in [0, 0.1) is 11.3 Å². The summed E-state index contributed by atoms with van der Waals surface area (Å²) in [5.41, 5.74) is 3.67. The number of aromatic nitrogens is 1. The van der Waals surface area contributed by atoms with Gasteiger partial charge in [0.05, 0.1) is 59.7 Å². The number of aromatic hydroxyl groups is 2. The number of benzene rings is 1. The molecule has 0 unspecified atom stereocenters. The van der Waals surface area contributed by atoms with E-state index in [1.165, 1.54) is 40.8 Å². The number of nitrogens with two attached hydrogens (primary N) is 1. The van der Waals surface area contributed by atoms with Crippen molar-refractivity contribution in [2.75, 3.05) is 38.5 Å². The van der Waals surface area contributed by atoms with E-state index >= 15 is 0 Å². The number of thiazole rings is 1. The molecule has 1 aromatic carbocycles. The number of Topliss-reactive ketones (excluding diaryl/α,β-unsaturated/α-hetero) is 1. The van der Waals surface area contributed by atoms with Crippen LogP contribution < -0.4 is 45.5 Å². The first-order valence-electron chi connectivity index (χ1n) is 17.3. The summed E-state index contributed by atoms with van der Waals surface area (Å²) in [7, 11) is 0. The van der Waals surface area contributed by atoms with Crippen LogP contribution in [0.3, 0.4) is 0 Å². The van der Waals surface area contributed by atoms with Crippen LogP contribution in [0.5, 0.6) is 11.5 Å². The number of hydrogen-bond donors (Lipinski definition) is 3. The molecule has 1 aromatic heterocycles. The summed E-state index contributed by atoms with van der Waals surface area (Å²) in [6, 6.07) is 2.21. The molecule has 2 aromatic rings. The number of nitrogen functional groups attached to an aromatic ring is 1. The normalized spacial score (nSPS) is 27.4. The average Bonchev–Trinajstić information content (AvgIpc) is 3.64. The van der Waals surface area contributed by atoms with E-state index in [9.17, 15) is 49.2 Å². The van der Waals surface area contributed by atoms with Gasteiger partial charge in [0, 0.05) is 53.8 Å². The number of nitrogens with zero attached hydrogens (tertiary/aromatic N) is 5. The molecule has 6 aliphatic rings. The Balaban J connectivity index is 0.00000514. The second-order valence-electron chi connectivity index (χ2n) is 15.2. The Bertz CT molecular complexity index is 2030. The van der Waals surface area contributed by atoms with Crippen molar-refractivity contribution in [1.82, 2.24) is 14.8 Å². The van der Waals surface area contributed by atoms with Crippen molar-refractivity contribution in [2.24, 2.45) is 16.5 Å². The Hall–Kier alpha value is -4.01. The second-order valence-corrected chi connectivity index (χ2v) is 17.5. The molecular formula is C35H37N6NaO11S2. The predicted molar refractivity (Wildman–Crippen MR) is 187 cm³/mol.